The summed E-state index contributed by atoms with van der Waals surface area (Å²) < 4.78 is 0. The van der Waals surface area contributed by atoms with Gasteiger partial charge in [-0.3, -0.25) is 4.79 Å². The van der Waals surface area contributed by atoms with Crippen molar-refractivity contribution in [1.82, 2.24) is 5.32 Å². The van der Waals surface area contributed by atoms with Crippen LogP contribution in [0.5, 0.6) is 0 Å². The Bertz CT molecular complexity index is 621. The van der Waals surface area contributed by atoms with E-state index in [2.05, 4.69) is 5.32 Å². The Balaban J connectivity index is 1.91. The number of carbonyl (C=O) groups is 1. The van der Waals surface area contributed by atoms with Crippen LogP contribution in [0.3, 0.4) is 0 Å². The van der Waals surface area contributed by atoms with Crippen LogP contribution in [0.15, 0.2) is 48.5 Å². The van der Waals surface area contributed by atoms with Gasteiger partial charge < -0.3 is 16.2 Å². The first-order valence-electron chi connectivity index (χ1n) is 7.32. The van der Waals surface area contributed by atoms with E-state index in [4.69, 9.17) is 5.73 Å². The van der Waals surface area contributed by atoms with E-state index in [9.17, 15) is 9.90 Å². The molecule has 0 aliphatic rings. The second kappa shape index (κ2) is 7.20. The molecule has 4 N–H and O–H groups in total. The van der Waals surface area contributed by atoms with Crippen LogP contribution in [0.1, 0.15) is 34.4 Å². The zero-order valence-electron chi connectivity index (χ0n) is 12.9. The van der Waals surface area contributed by atoms with Crippen LogP contribution < -0.4 is 11.1 Å². The molecule has 0 heterocycles. The van der Waals surface area contributed by atoms with Crippen LogP contribution in [0.2, 0.25) is 0 Å². The normalized spacial score (nSPS) is 13.5. The van der Waals surface area contributed by atoms with Gasteiger partial charge in [0.1, 0.15) is 6.04 Å². The first kappa shape index (κ1) is 16.2. The lowest BCUT2D eigenvalue weighted by Crippen LogP contribution is -2.36. The number of nitrogens with one attached hydrogen (secondary N) is 1. The lowest BCUT2D eigenvalue weighted by atomic mass is 10.0. The van der Waals surface area contributed by atoms with Gasteiger partial charge in [-0.1, -0.05) is 59.7 Å². The molecule has 4 nitrogen and oxygen atoms in total. The standard InChI is InChI=1S/C18H22N2O2/c1-12-3-7-14(8-4-12)16(21)11-20-18(22)17(19)15-9-5-13(2)6-10-15/h3-10,16-17,21H,11,19H2,1-2H3,(H,20,22). The number of aryl methyl sites for hydroxylation is 2. The number of nitrogens with two attached hydrogens (primary N) is 1. The molecule has 0 saturated carbocycles. The molecule has 0 aliphatic heterocycles. The van der Waals surface area contributed by atoms with Crippen molar-refractivity contribution in [2.75, 3.05) is 6.54 Å². The lowest BCUT2D eigenvalue weighted by Gasteiger charge is -2.16. The van der Waals surface area contributed by atoms with Crippen molar-refractivity contribution in [3.63, 3.8) is 0 Å². The molecule has 0 fully saturated rings. The Labute approximate surface area is 131 Å². The van der Waals surface area contributed by atoms with Crippen LogP contribution in [0, 0.1) is 13.8 Å². The van der Waals surface area contributed by atoms with Crippen LogP contribution in [0.4, 0.5) is 0 Å². The van der Waals surface area contributed by atoms with Crippen molar-refractivity contribution in [2.24, 2.45) is 5.73 Å². The summed E-state index contributed by atoms with van der Waals surface area (Å²) in [6.07, 6.45) is -0.741. The summed E-state index contributed by atoms with van der Waals surface area (Å²) in [6.45, 7) is 4.10. The second-order valence-corrected chi connectivity index (χ2v) is 5.56. The van der Waals surface area contributed by atoms with Gasteiger partial charge in [0.2, 0.25) is 5.91 Å². The van der Waals surface area contributed by atoms with E-state index in [0.717, 1.165) is 22.3 Å². The second-order valence-electron chi connectivity index (χ2n) is 5.56. The highest BCUT2D eigenvalue weighted by Crippen LogP contribution is 2.14. The number of aliphatic hydroxyl groups excluding tert-OH is 1. The summed E-state index contributed by atoms with van der Waals surface area (Å²) >= 11 is 0. The largest absolute Gasteiger partial charge is 0.387 e. The zero-order chi connectivity index (χ0) is 16.1. The Kier molecular flexibility index (Phi) is 5.31. The summed E-state index contributed by atoms with van der Waals surface area (Å²) in [6, 6.07) is 14.4. The van der Waals surface area contributed by atoms with E-state index in [-0.39, 0.29) is 12.5 Å². The molecule has 0 radical (unpaired) electrons. The number of benzene rings is 2. The number of rotatable bonds is 5. The van der Waals surface area contributed by atoms with E-state index in [1.807, 2.05) is 62.4 Å². The Morgan fingerprint density at radius 1 is 1.00 bits per heavy atom. The maximum Gasteiger partial charge on any atom is 0.241 e. The zero-order valence-corrected chi connectivity index (χ0v) is 12.9. The number of hydrogen-bond donors (Lipinski definition) is 3. The molecule has 0 bridgehead atoms. The fraction of sp³-hybridized carbons (Fsp3) is 0.278. The smallest absolute Gasteiger partial charge is 0.241 e. The summed E-state index contributed by atoms with van der Waals surface area (Å²) in [4.78, 5) is 12.1. The van der Waals surface area contributed by atoms with Gasteiger partial charge in [-0.15, -0.1) is 0 Å². The molecule has 1 amide bonds. The van der Waals surface area contributed by atoms with Gasteiger partial charge in [-0.2, -0.15) is 0 Å². The van der Waals surface area contributed by atoms with Crippen molar-refractivity contribution in [3.05, 3.63) is 70.8 Å². The maximum atomic E-state index is 12.1. The quantitative estimate of drug-likeness (QED) is 0.791. The highest BCUT2D eigenvalue weighted by molar-refractivity contribution is 5.82. The minimum absolute atomic E-state index is 0.140. The number of hydrogen-bond acceptors (Lipinski definition) is 3. The van der Waals surface area contributed by atoms with Gasteiger partial charge in [0, 0.05) is 6.54 Å². The maximum absolute atomic E-state index is 12.1. The molecule has 2 aromatic carbocycles. The third-order valence-corrected chi connectivity index (χ3v) is 3.65. The van der Waals surface area contributed by atoms with Crippen LogP contribution in [-0.2, 0) is 4.79 Å². The average Bonchev–Trinajstić information content (AvgIpc) is 2.53. The molecule has 0 saturated heterocycles. The van der Waals surface area contributed by atoms with E-state index in [1.165, 1.54) is 0 Å². The Hall–Kier alpha value is -2.17. The van der Waals surface area contributed by atoms with Gasteiger partial charge in [0.15, 0.2) is 0 Å². The topological polar surface area (TPSA) is 75.3 Å². The molecule has 4 heteroatoms. The van der Waals surface area contributed by atoms with Crippen LogP contribution in [0.25, 0.3) is 0 Å². The molecule has 2 aromatic rings. The van der Waals surface area contributed by atoms with Gasteiger partial charge in [0.05, 0.1) is 6.10 Å². The minimum Gasteiger partial charge on any atom is -0.387 e. The SMILES string of the molecule is Cc1ccc(C(O)CNC(=O)C(N)c2ccc(C)cc2)cc1. The highest BCUT2D eigenvalue weighted by Gasteiger charge is 2.17. The van der Waals surface area contributed by atoms with Gasteiger partial charge >= 0.3 is 0 Å². The monoisotopic (exact) mass is 298 g/mol. The molecule has 0 aromatic heterocycles. The van der Waals surface area contributed by atoms with E-state index < -0.39 is 12.1 Å². The average molecular weight is 298 g/mol. The van der Waals surface area contributed by atoms with Gasteiger partial charge in [-0.25, -0.2) is 0 Å². The molecular formula is C18H22N2O2. The van der Waals surface area contributed by atoms with E-state index in [1.54, 1.807) is 0 Å². The van der Waals surface area contributed by atoms with Crippen molar-refractivity contribution in [1.29, 1.82) is 0 Å². The summed E-state index contributed by atoms with van der Waals surface area (Å²) in [5.74, 6) is -0.296. The third-order valence-electron chi connectivity index (χ3n) is 3.65. The molecule has 116 valence electrons. The fourth-order valence-corrected chi connectivity index (χ4v) is 2.14. The Morgan fingerprint density at radius 3 is 1.95 bits per heavy atom. The number of amides is 1. The molecule has 22 heavy (non-hydrogen) atoms. The lowest BCUT2D eigenvalue weighted by molar-refractivity contribution is -0.122. The predicted octanol–water partition coefficient (Wildman–Crippen LogP) is 2.15. The molecular weight excluding hydrogens is 276 g/mol. The van der Waals surface area contributed by atoms with Gasteiger partial charge in [-0.05, 0) is 25.0 Å². The van der Waals surface area contributed by atoms with Crippen LogP contribution >= 0.6 is 0 Å². The van der Waals surface area contributed by atoms with Crippen molar-refractivity contribution >= 4 is 5.91 Å². The molecule has 2 atom stereocenters. The molecule has 0 spiro atoms. The first-order chi connectivity index (χ1) is 10.5. The third kappa shape index (κ3) is 4.16. The molecule has 0 aliphatic carbocycles. The first-order valence-corrected chi connectivity index (χ1v) is 7.32. The summed E-state index contributed by atoms with van der Waals surface area (Å²) in [5, 5.41) is 12.8. The number of carbonyl (C=O) groups excluding carboxylic acids is 1. The minimum atomic E-state index is -0.741. The molecule has 2 unspecified atom stereocenters. The van der Waals surface area contributed by atoms with Crippen LogP contribution in [-0.4, -0.2) is 17.6 Å². The van der Waals surface area contributed by atoms with Crippen molar-refractivity contribution in [2.45, 2.75) is 26.0 Å². The summed E-state index contributed by atoms with van der Waals surface area (Å²) in [7, 11) is 0. The van der Waals surface area contributed by atoms with E-state index in [0.29, 0.717) is 0 Å². The molecule has 2 rings (SSSR count). The Morgan fingerprint density at radius 2 is 1.45 bits per heavy atom. The predicted molar refractivity (Wildman–Crippen MR) is 87.3 cm³/mol. The van der Waals surface area contributed by atoms with E-state index >= 15 is 0 Å². The van der Waals surface area contributed by atoms with Crippen molar-refractivity contribution in [3.8, 4) is 0 Å². The number of aliphatic hydroxyl groups is 1. The van der Waals surface area contributed by atoms with Gasteiger partial charge in [0.25, 0.3) is 0 Å². The fourth-order valence-electron chi connectivity index (χ4n) is 2.14. The highest BCUT2D eigenvalue weighted by atomic mass is 16.3. The summed E-state index contributed by atoms with van der Waals surface area (Å²) in [5.41, 5.74) is 9.71. The van der Waals surface area contributed by atoms with Crippen molar-refractivity contribution < 1.29 is 9.90 Å².